The van der Waals surface area contributed by atoms with E-state index in [0.717, 1.165) is 11.1 Å². The Hall–Kier alpha value is -2.74. The molecule has 1 atom stereocenters. The predicted molar refractivity (Wildman–Crippen MR) is 136 cm³/mol. The zero-order chi connectivity index (χ0) is 25.3. The first-order valence-corrected chi connectivity index (χ1v) is 12.7. The van der Waals surface area contributed by atoms with Crippen molar-refractivity contribution in [2.75, 3.05) is 13.1 Å². The van der Waals surface area contributed by atoms with Gasteiger partial charge in [-0.25, -0.2) is 0 Å². The van der Waals surface area contributed by atoms with Gasteiger partial charge in [-0.15, -0.1) is 4.31 Å². The van der Waals surface area contributed by atoms with Gasteiger partial charge in [-0.3, -0.25) is 9.59 Å². The van der Waals surface area contributed by atoms with Crippen molar-refractivity contribution in [2.24, 2.45) is 7.05 Å². The zero-order valence-electron chi connectivity index (χ0n) is 19.1. The van der Waals surface area contributed by atoms with E-state index in [4.69, 9.17) is 23.2 Å². The Morgan fingerprint density at radius 2 is 1.89 bits per heavy atom. The second-order valence-corrected chi connectivity index (χ2v) is 10.5. The van der Waals surface area contributed by atoms with Crippen molar-refractivity contribution in [3.05, 3.63) is 69.3 Å². The number of halogens is 2. The summed E-state index contributed by atoms with van der Waals surface area (Å²) in [5.74, 6) is -0.695. The Morgan fingerprint density at radius 3 is 2.54 bits per heavy atom. The lowest BCUT2D eigenvalue weighted by Crippen LogP contribution is -2.56. The molecule has 1 aliphatic rings. The molecule has 3 aromatic rings. The van der Waals surface area contributed by atoms with Crippen molar-refractivity contribution in [2.45, 2.75) is 25.3 Å². The molecule has 1 aliphatic heterocycles. The number of nitrogens with zero attached hydrogens (tertiary/aromatic N) is 3. The van der Waals surface area contributed by atoms with Gasteiger partial charge in [0.15, 0.2) is 11.5 Å². The molecular weight excluding hydrogens is 509 g/mol. The smallest absolute Gasteiger partial charge is 0.268 e. The van der Waals surface area contributed by atoms with Crippen molar-refractivity contribution in [1.29, 1.82) is 5.26 Å². The molecule has 8 nitrogen and oxygen atoms in total. The van der Waals surface area contributed by atoms with Gasteiger partial charge in [0.2, 0.25) is 0 Å². The number of piperidine rings is 1. The topological polar surface area (TPSA) is 113 Å². The molecule has 2 N–H and O–H groups in total. The Kier molecular flexibility index (Phi) is 7.31. The van der Waals surface area contributed by atoms with E-state index in [1.165, 1.54) is 6.92 Å². The zero-order valence-corrected chi connectivity index (χ0v) is 21.4. The van der Waals surface area contributed by atoms with Gasteiger partial charge in [0.25, 0.3) is 11.8 Å². The van der Waals surface area contributed by atoms with Gasteiger partial charge in [0.1, 0.15) is 5.69 Å². The number of nitriles is 1. The van der Waals surface area contributed by atoms with E-state index in [1.807, 2.05) is 12.1 Å². The lowest BCUT2D eigenvalue weighted by atomic mass is 9.80. The number of hydrogen-bond acceptors (Lipinski definition) is 5. The molecule has 182 valence electrons. The van der Waals surface area contributed by atoms with Crippen LogP contribution in [0.5, 0.6) is 0 Å². The minimum Gasteiger partial charge on any atom is -0.573 e. The van der Waals surface area contributed by atoms with Gasteiger partial charge in [-0.05, 0) is 48.7 Å². The van der Waals surface area contributed by atoms with E-state index in [-0.39, 0.29) is 11.8 Å². The second kappa shape index (κ2) is 10.1. The molecule has 0 spiro atoms. The molecule has 1 aromatic heterocycles. The van der Waals surface area contributed by atoms with Gasteiger partial charge >= 0.3 is 0 Å². The van der Waals surface area contributed by atoms with Crippen LogP contribution in [0.2, 0.25) is 10.0 Å². The third-order valence-corrected chi connectivity index (χ3v) is 8.40. The first kappa shape index (κ1) is 25.4. The fraction of sp³-hybridized carbons (Fsp3) is 0.292. The number of rotatable bonds is 5. The lowest BCUT2D eigenvalue weighted by Gasteiger charge is -2.41. The molecule has 2 heterocycles. The van der Waals surface area contributed by atoms with Crippen molar-refractivity contribution < 1.29 is 14.1 Å². The summed E-state index contributed by atoms with van der Waals surface area (Å²) in [6.45, 7) is 2.03. The van der Waals surface area contributed by atoms with E-state index in [1.54, 1.807) is 46.3 Å². The predicted octanol–water partition coefficient (Wildman–Crippen LogP) is 3.79. The summed E-state index contributed by atoms with van der Waals surface area (Å²) >= 11 is 10.9. The molecule has 2 aromatic carbocycles. The third kappa shape index (κ3) is 4.99. The van der Waals surface area contributed by atoms with Crippen LogP contribution in [0, 0.1) is 11.3 Å². The van der Waals surface area contributed by atoms with Crippen molar-refractivity contribution >= 4 is 57.5 Å². The normalized spacial score (nSPS) is 16.5. The third-order valence-electron chi connectivity index (χ3n) is 6.28. The maximum Gasteiger partial charge on any atom is 0.268 e. The van der Waals surface area contributed by atoms with Crippen molar-refractivity contribution in [3.8, 4) is 6.07 Å². The van der Waals surface area contributed by atoms with Crippen molar-refractivity contribution in [3.63, 3.8) is 0 Å². The van der Waals surface area contributed by atoms with E-state index >= 15 is 0 Å². The number of hydrogen-bond donors (Lipinski definition) is 2. The number of amides is 2. The minimum absolute atomic E-state index is 0.310. The highest BCUT2D eigenvalue weighted by atomic mass is 35.5. The first-order chi connectivity index (χ1) is 16.6. The molecule has 4 rings (SSSR count). The van der Waals surface area contributed by atoms with Gasteiger partial charge in [-0.1, -0.05) is 35.3 Å². The van der Waals surface area contributed by atoms with E-state index in [0.29, 0.717) is 52.6 Å². The van der Waals surface area contributed by atoms with Crippen LogP contribution in [0.1, 0.15) is 41.4 Å². The van der Waals surface area contributed by atoms with Crippen LogP contribution < -0.4 is 10.0 Å². The molecule has 0 radical (unpaired) electrons. The van der Waals surface area contributed by atoms with Crippen LogP contribution in [0.25, 0.3) is 10.9 Å². The largest absolute Gasteiger partial charge is 0.573 e. The molecule has 0 saturated carbocycles. The summed E-state index contributed by atoms with van der Waals surface area (Å²) < 4.78 is 18.3. The van der Waals surface area contributed by atoms with Crippen LogP contribution in [0.4, 0.5) is 0 Å². The summed E-state index contributed by atoms with van der Waals surface area (Å²) in [7, 11) is 1.78. The van der Waals surface area contributed by atoms with Gasteiger partial charge in [0, 0.05) is 38.0 Å². The maximum absolute atomic E-state index is 13.6. The Labute approximate surface area is 216 Å². The van der Waals surface area contributed by atoms with E-state index in [2.05, 4.69) is 16.1 Å². The number of aromatic nitrogens is 1. The summed E-state index contributed by atoms with van der Waals surface area (Å²) in [6, 6.07) is 14.5. The molecule has 0 aliphatic carbocycles. The first-order valence-electron chi connectivity index (χ1n) is 10.9. The molecular formula is C24H23Cl2N5O3S. The summed E-state index contributed by atoms with van der Waals surface area (Å²) in [5, 5.41) is 14.1. The van der Waals surface area contributed by atoms with E-state index in [9.17, 15) is 19.4 Å². The van der Waals surface area contributed by atoms with Crippen molar-refractivity contribution in [1.82, 2.24) is 18.9 Å². The quantitative estimate of drug-likeness (QED) is 0.486. The van der Waals surface area contributed by atoms with Gasteiger partial charge in [0.05, 0.1) is 27.2 Å². The van der Waals surface area contributed by atoms with Crippen LogP contribution in [-0.4, -0.2) is 38.3 Å². The average molecular weight is 532 g/mol. The standard InChI is InChI=1S/C24H23Cl2N5O3S/c1-15(32)29-35(34)31-10-8-24(9-11-31,17-5-3-4-16(12-17)14-27)28-23(33)21-13-18-20(30(21)2)7-6-19(25)22(18)26/h3-7,12-13H,8-11H2,1-2H3,(H,28,33)(H,29,32). The summed E-state index contributed by atoms with van der Waals surface area (Å²) in [5.41, 5.74) is 1.63. The number of fused-ring (bicyclic) bond motifs is 1. The molecule has 35 heavy (non-hydrogen) atoms. The number of carbonyl (C=O) groups is 2. The Balaban J connectivity index is 1.68. The number of benzene rings is 2. The minimum atomic E-state index is -1.66. The van der Waals surface area contributed by atoms with Crippen LogP contribution in [-0.2, 0) is 28.9 Å². The maximum atomic E-state index is 13.6. The molecule has 1 saturated heterocycles. The molecule has 0 bridgehead atoms. The molecule has 11 heteroatoms. The summed E-state index contributed by atoms with van der Waals surface area (Å²) in [6.07, 6.45) is 0.852. The lowest BCUT2D eigenvalue weighted by molar-refractivity contribution is -0.117. The fourth-order valence-corrected chi connectivity index (χ4v) is 5.71. The Morgan fingerprint density at radius 1 is 1.17 bits per heavy atom. The molecule has 1 unspecified atom stereocenters. The second-order valence-electron chi connectivity index (χ2n) is 8.45. The fourth-order valence-electron chi connectivity index (χ4n) is 4.44. The molecule has 1 fully saturated rings. The average Bonchev–Trinajstić information content (AvgIpc) is 3.18. The highest BCUT2D eigenvalue weighted by molar-refractivity contribution is 7.87. The SMILES string of the molecule is CC(=O)N[S+]([O-])N1CCC(NC(=O)c2cc3c(Cl)c(Cl)ccc3n2C)(c2cccc(C#N)c2)CC1. The van der Waals surface area contributed by atoms with E-state index < -0.39 is 17.1 Å². The van der Waals surface area contributed by atoms with Crippen LogP contribution in [0.15, 0.2) is 42.5 Å². The number of carbonyl (C=O) groups excluding carboxylic acids is 2. The highest BCUT2D eigenvalue weighted by Crippen LogP contribution is 2.36. The summed E-state index contributed by atoms with van der Waals surface area (Å²) in [4.78, 5) is 24.9. The number of aryl methyl sites for hydroxylation is 1. The Bertz CT molecular complexity index is 1340. The van der Waals surface area contributed by atoms with Gasteiger partial charge < -0.3 is 14.4 Å². The highest BCUT2D eigenvalue weighted by Gasteiger charge is 2.41. The molecule has 2 amide bonds. The number of nitrogens with one attached hydrogen (secondary N) is 2. The van der Waals surface area contributed by atoms with Crippen LogP contribution in [0.3, 0.4) is 0 Å². The monoisotopic (exact) mass is 531 g/mol. The van der Waals surface area contributed by atoms with Crippen LogP contribution >= 0.6 is 23.2 Å². The van der Waals surface area contributed by atoms with Gasteiger partial charge in [-0.2, -0.15) is 9.98 Å².